The Hall–Kier alpha value is -1.71. The van der Waals surface area contributed by atoms with E-state index in [9.17, 15) is 13.2 Å². The Morgan fingerprint density at radius 3 is 2.87 bits per heavy atom. The average Bonchev–Trinajstić information content (AvgIpc) is 2.85. The number of ether oxygens (including phenoxy) is 1. The number of carbonyl (C=O) groups excluding carboxylic acids is 1. The third-order valence-corrected chi connectivity index (χ3v) is 4.95. The Morgan fingerprint density at radius 1 is 1.48 bits per heavy atom. The second-order valence-electron chi connectivity index (χ2n) is 5.10. The zero-order chi connectivity index (χ0) is 17.0. The van der Waals surface area contributed by atoms with Crippen molar-refractivity contribution in [1.29, 1.82) is 0 Å². The van der Waals surface area contributed by atoms with Gasteiger partial charge in [0.25, 0.3) is 0 Å². The largest absolute Gasteiger partial charge is 0.494 e. The molecule has 2 rings (SSSR count). The van der Waals surface area contributed by atoms with Gasteiger partial charge in [0.2, 0.25) is 5.91 Å². The summed E-state index contributed by atoms with van der Waals surface area (Å²) in [6.07, 6.45) is 1.19. The minimum Gasteiger partial charge on any atom is -0.494 e. The number of amides is 1. The predicted octanol–water partition coefficient (Wildman–Crippen LogP) is 1.40. The Labute approximate surface area is 138 Å². The SMILES string of the molecule is CCOc1ccc2nc(NC(=O)C(N)CCS(C)(=O)=O)sc2c1. The number of hydrogen-bond acceptors (Lipinski definition) is 7. The first kappa shape index (κ1) is 17.6. The zero-order valence-electron chi connectivity index (χ0n) is 12.9. The van der Waals surface area contributed by atoms with Gasteiger partial charge in [0, 0.05) is 6.26 Å². The summed E-state index contributed by atoms with van der Waals surface area (Å²) in [6, 6.07) is 4.59. The van der Waals surface area contributed by atoms with Crippen molar-refractivity contribution in [2.24, 2.45) is 5.73 Å². The number of nitrogens with two attached hydrogens (primary N) is 1. The molecule has 0 radical (unpaired) electrons. The van der Waals surface area contributed by atoms with Crippen LogP contribution in [0.3, 0.4) is 0 Å². The molecule has 1 atom stereocenters. The number of sulfone groups is 1. The van der Waals surface area contributed by atoms with Gasteiger partial charge in [-0.05, 0) is 31.5 Å². The number of hydrogen-bond donors (Lipinski definition) is 2. The highest BCUT2D eigenvalue weighted by Gasteiger charge is 2.17. The van der Waals surface area contributed by atoms with Crippen molar-refractivity contribution in [2.45, 2.75) is 19.4 Å². The van der Waals surface area contributed by atoms with E-state index in [0.717, 1.165) is 22.2 Å². The predicted molar refractivity (Wildman–Crippen MR) is 91.7 cm³/mol. The van der Waals surface area contributed by atoms with Gasteiger partial charge in [0.15, 0.2) is 5.13 Å². The van der Waals surface area contributed by atoms with Crippen LogP contribution in [-0.4, -0.2) is 44.0 Å². The van der Waals surface area contributed by atoms with Crippen LogP contribution in [0.5, 0.6) is 5.75 Å². The molecule has 1 aromatic heterocycles. The first-order valence-corrected chi connectivity index (χ1v) is 9.94. The molecule has 0 fully saturated rings. The number of nitrogens with one attached hydrogen (secondary N) is 1. The summed E-state index contributed by atoms with van der Waals surface area (Å²) in [5.41, 5.74) is 6.46. The van der Waals surface area contributed by atoms with Gasteiger partial charge in [0.1, 0.15) is 15.6 Å². The summed E-state index contributed by atoms with van der Waals surface area (Å²) in [5, 5.41) is 3.05. The maximum atomic E-state index is 12.0. The summed E-state index contributed by atoms with van der Waals surface area (Å²) in [4.78, 5) is 16.3. The van der Waals surface area contributed by atoms with E-state index >= 15 is 0 Å². The van der Waals surface area contributed by atoms with E-state index in [1.165, 1.54) is 11.3 Å². The lowest BCUT2D eigenvalue weighted by Crippen LogP contribution is -2.37. The van der Waals surface area contributed by atoms with Crippen molar-refractivity contribution in [3.05, 3.63) is 18.2 Å². The Bertz CT molecular complexity index is 801. The van der Waals surface area contributed by atoms with E-state index in [2.05, 4.69) is 10.3 Å². The van der Waals surface area contributed by atoms with Crippen molar-refractivity contribution in [1.82, 2.24) is 4.98 Å². The third-order valence-electron chi connectivity index (χ3n) is 3.04. The van der Waals surface area contributed by atoms with Crippen LogP contribution in [0.4, 0.5) is 5.13 Å². The van der Waals surface area contributed by atoms with Crippen LogP contribution in [-0.2, 0) is 14.6 Å². The molecule has 126 valence electrons. The van der Waals surface area contributed by atoms with Crippen molar-refractivity contribution in [3.8, 4) is 5.75 Å². The molecule has 0 spiro atoms. The highest BCUT2D eigenvalue weighted by Crippen LogP contribution is 2.29. The molecule has 0 saturated heterocycles. The molecule has 0 aliphatic rings. The van der Waals surface area contributed by atoms with Crippen LogP contribution in [0.1, 0.15) is 13.3 Å². The maximum absolute atomic E-state index is 12.0. The molecule has 2 aromatic rings. The molecule has 3 N–H and O–H groups in total. The second-order valence-corrected chi connectivity index (χ2v) is 8.39. The molecule has 23 heavy (non-hydrogen) atoms. The summed E-state index contributed by atoms with van der Waals surface area (Å²) < 4.78 is 28.5. The van der Waals surface area contributed by atoms with Gasteiger partial charge in [-0.2, -0.15) is 0 Å². The Kier molecular flexibility index (Phi) is 5.55. The van der Waals surface area contributed by atoms with Crippen LogP contribution in [0, 0.1) is 0 Å². The molecule has 9 heteroatoms. The molecule has 1 aromatic carbocycles. The van der Waals surface area contributed by atoms with Gasteiger partial charge in [0.05, 0.1) is 28.6 Å². The van der Waals surface area contributed by atoms with Crippen LogP contribution >= 0.6 is 11.3 Å². The number of carbonyl (C=O) groups is 1. The summed E-state index contributed by atoms with van der Waals surface area (Å²) in [7, 11) is -3.14. The fourth-order valence-corrected chi connectivity index (χ4v) is 3.46. The molecular weight excluding hydrogens is 338 g/mol. The quantitative estimate of drug-likeness (QED) is 0.775. The summed E-state index contributed by atoms with van der Waals surface area (Å²) in [6.45, 7) is 2.48. The minimum absolute atomic E-state index is 0.0735. The average molecular weight is 357 g/mol. The fourth-order valence-electron chi connectivity index (χ4n) is 1.89. The molecule has 1 heterocycles. The topological polar surface area (TPSA) is 111 Å². The smallest absolute Gasteiger partial charge is 0.243 e. The summed E-state index contributed by atoms with van der Waals surface area (Å²) >= 11 is 1.31. The van der Waals surface area contributed by atoms with E-state index in [1.807, 2.05) is 25.1 Å². The fraction of sp³-hybridized carbons (Fsp3) is 0.429. The molecule has 1 amide bonds. The van der Waals surface area contributed by atoms with Crippen molar-refractivity contribution in [2.75, 3.05) is 23.9 Å². The van der Waals surface area contributed by atoms with Crippen LogP contribution in [0.2, 0.25) is 0 Å². The highest BCUT2D eigenvalue weighted by atomic mass is 32.2. The standard InChI is InChI=1S/C14H19N3O4S2/c1-3-21-9-4-5-11-12(8-9)22-14(16-11)17-13(18)10(15)6-7-23(2,19)20/h4-5,8,10H,3,6-7,15H2,1-2H3,(H,16,17,18). The normalized spacial score (nSPS) is 13.0. The van der Waals surface area contributed by atoms with Gasteiger partial charge in [-0.25, -0.2) is 13.4 Å². The van der Waals surface area contributed by atoms with Gasteiger partial charge in [-0.3, -0.25) is 4.79 Å². The zero-order valence-corrected chi connectivity index (χ0v) is 14.5. The van der Waals surface area contributed by atoms with Gasteiger partial charge >= 0.3 is 0 Å². The number of nitrogens with zero attached hydrogens (tertiary/aromatic N) is 1. The van der Waals surface area contributed by atoms with E-state index < -0.39 is 21.8 Å². The van der Waals surface area contributed by atoms with Crippen molar-refractivity contribution >= 4 is 42.4 Å². The van der Waals surface area contributed by atoms with Crippen LogP contribution < -0.4 is 15.8 Å². The van der Waals surface area contributed by atoms with Crippen molar-refractivity contribution in [3.63, 3.8) is 0 Å². The second kappa shape index (κ2) is 7.24. The number of thiazole rings is 1. The number of rotatable bonds is 7. The lowest BCUT2D eigenvalue weighted by atomic mass is 10.2. The van der Waals surface area contributed by atoms with E-state index in [0.29, 0.717) is 11.7 Å². The first-order valence-electron chi connectivity index (χ1n) is 7.06. The number of benzene rings is 1. The lowest BCUT2D eigenvalue weighted by Gasteiger charge is -2.09. The molecule has 0 aliphatic carbocycles. The van der Waals surface area contributed by atoms with Crippen molar-refractivity contribution < 1.29 is 17.9 Å². The summed E-state index contributed by atoms with van der Waals surface area (Å²) in [5.74, 6) is 0.170. The lowest BCUT2D eigenvalue weighted by molar-refractivity contribution is -0.117. The number of fused-ring (bicyclic) bond motifs is 1. The molecule has 0 saturated carbocycles. The van der Waals surface area contributed by atoms with Gasteiger partial charge in [-0.1, -0.05) is 11.3 Å². The Morgan fingerprint density at radius 2 is 2.22 bits per heavy atom. The van der Waals surface area contributed by atoms with E-state index in [-0.39, 0.29) is 12.2 Å². The molecule has 0 bridgehead atoms. The Balaban J connectivity index is 2.04. The third kappa shape index (κ3) is 5.15. The van der Waals surface area contributed by atoms with Crippen LogP contribution in [0.15, 0.2) is 18.2 Å². The molecular formula is C14H19N3O4S2. The first-order chi connectivity index (χ1) is 10.8. The monoisotopic (exact) mass is 357 g/mol. The van der Waals surface area contributed by atoms with Gasteiger partial charge < -0.3 is 15.8 Å². The van der Waals surface area contributed by atoms with Gasteiger partial charge in [-0.15, -0.1) is 0 Å². The minimum atomic E-state index is -3.14. The maximum Gasteiger partial charge on any atom is 0.243 e. The molecule has 7 nitrogen and oxygen atoms in total. The van der Waals surface area contributed by atoms with Crippen LogP contribution in [0.25, 0.3) is 10.2 Å². The molecule has 0 aliphatic heterocycles. The highest BCUT2D eigenvalue weighted by molar-refractivity contribution is 7.90. The number of anilines is 1. The molecule has 1 unspecified atom stereocenters. The van der Waals surface area contributed by atoms with E-state index in [1.54, 1.807) is 0 Å². The van der Waals surface area contributed by atoms with E-state index in [4.69, 9.17) is 10.5 Å². The number of aromatic nitrogens is 1.